The number of amides is 3. The van der Waals surface area contributed by atoms with E-state index in [1.807, 2.05) is 31.2 Å². The Kier molecular flexibility index (Phi) is 8.27. The molecular weight excluding hydrogens is 553 g/mol. The molecule has 3 aromatic rings. The first kappa shape index (κ1) is 27.5. The third-order valence-electron chi connectivity index (χ3n) is 6.35. The van der Waals surface area contributed by atoms with Crippen LogP contribution in [-0.4, -0.2) is 44.9 Å². The van der Waals surface area contributed by atoms with E-state index < -0.39 is 11.3 Å². The summed E-state index contributed by atoms with van der Waals surface area (Å²) >= 11 is 7.12. The lowest BCUT2D eigenvalue weighted by atomic mass is 10.1. The third-order valence-corrected chi connectivity index (χ3v) is 7.92. The fraction of sp³-hybridized carbons (Fsp3) is 0.207. The number of amidine groups is 2. The second-order valence-corrected chi connectivity index (χ2v) is 10.8. The molecule has 11 heteroatoms. The lowest BCUT2D eigenvalue weighted by Crippen LogP contribution is -2.43. The van der Waals surface area contributed by atoms with E-state index in [-0.39, 0.29) is 36.5 Å². The van der Waals surface area contributed by atoms with Gasteiger partial charge in [0.15, 0.2) is 5.17 Å². The zero-order valence-electron chi connectivity index (χ0n) is 21.4. The average Bonchev–Trinajstić information content (AvgIpc) is 3.28. The van der Waals surface area contributed by atoms with Crippen molar-refractivity contribution in [3.05, 3.63) is 94.8 Å². The highest BCUT2D eigenvalue weighted by Crippen LogP contribution is 2.36. The van der Waals surface area contributed by atoms with Gasteiger partial charge in [-0.15, -0.1) is 0 Å². The normalized spacial score (nSPS) is 16.4. The molecule has 3 amide bonds. The van der Waals surface area contributed by atoms with Gasteiger partial charge in [0.05, 0.1) is 17.4 Å². The monoisotopic (exact) mass is 577 g/mol. The minimum absolute atomic E-state index is 0.158. The van der Waals surface area contributed by atoms with Crippen molar-refractivity contribution in [2.45, 2.75) is 37.6 Å². The van der Waals surface area contributed by atoms with Gasteiger partial charge in [-0.1, -0.05) is 54.6 Å². The highest BCUT2D eigenvalue weighted by Gasteiger charge is 2.43. The topological polar surface area (TPSA) is 103 Å². The molecule has 2 N–H and O–H groups in total. The smallest absolute Gasteiger partial charge is 0.259 e. The minimum Gasteiger partial charge on any atom is -0.352 e. The Morgan fingerprint density at radius 2 is 1.80 bits per heavy atom. The number of para-hydroxylation sites is 1. The van der Waals surface area contributed by atoms with Gasteiger partial charge < -0.3 is 10.6 Å². The zero-order valence-corrected chi connectivity index (χ0v) is 23.0. The number of fused-ring (bicyclic) bond motifs is 3. The number of aliphatic imine (C=N–C) groups is 2. The summed E-state index contributed by atoms with van der Waals surface area (Å²) in [6, 6.07) is 19.0. The van der Waals surface area contributed by atoms with E-state index in [2.05, 4.69) is 15.6 Å². The Morgan fingerprint density at radius 3 is 2.52 bits per heavy atom. The number of thioether (sulfide) groups is 1. The predicted octanol–water partition coefficient (Wildman–Crippen LogP) is 5.29. The van der Waals surface area contributed by atoms with Crippen LogP contribution in [0.4, 0.5) is 15.8 Å². The summed E-state index contributed by atoms with van der Waals surface area (Å²) in [6.45, 7) is 2.08. The first-order valence-corrected chi connectivity index (χ1v) is 13.9. The number of nitrogens with zero attached hydrogens (tertiary/aromatic N) is 3. The number of rotatable bonds is 8. The molecule has 2 aliphatic rings. The predicted molar refractivity (Wildman–Crippen MR) is 155 cm³/mol. The van der Waals surface area contributed by atoms with E-state index in [9.17, 15) is 18.8 Å². The van der Waals surface area contributed by atoms with Gasteiger partial charge in [-0.2, -0.15) is 0 Å². The highest BCUT2D eigenvalue weighted by atomic mass is 35.5. The number of hydrogen-bond acceptors (Lipinski definition) is 6. The maximum Gasteiger partial charge on any atom is 0.259 e. The van der Waals surface area contributed by atoms with Gasteiger partial charge in [0.2, 0.25) is 11.8 Å². The van der Waals surface area contributed by atoms with Crippen LogP contribution in [0.1, 0.15) is 30.9 Å². The molecule has 40 heavy (non-hydrogen) atoms. The minimum atomic E-state index is -0.942. The first-order chi connectivity index (χ1) is 19.3. The second-order valence-electron chi connectivity index (χ2n) is 9.17. The largest absolute Gasteiger partial charge is 0.352 e. The molecule has 0 fully saturated rings. The number of anilines is 1. The van der Waals surface area contributed by atoms with E-state index in [1.54, 1.807) is 36.4 Å². The summed E-state index contributed by atoms with van der Waals surface area (Å²) in [5.74, 6) is -0.941. The number of hydrogen-bond donors (Lipinski definition) is 2. The van der Waals surface area contributed by atoms with Crippen LogP contribution in [0.15, 0.2) is 82.8 Å². The van der Waals surface area contributed by atoms with E-state index in [0.29, 0.717) is 39.4 Å². The summed E-state index contributed by atoms with van der Waals surface area (Å²) < 4.78 is 13.2. The van der Waals surface area contributed by atoms with Crippen molar-refractivity contribution in [1.82, 2.24) is 10.2 Å². The van der Waals surface area contributed by atoms with Gasteiger partial charge in [-0.3, -0.25) is 19.4 Å². The van der Waals surface area contributed by atoms with Crippen LogP contribution in [0, 0.1) is 5.82 Å². The van der Waals surface area contributed by atoms with Crippen molar-refractivity contribution in [3.63, 3.8) is 0 Å². The molecule has 0 aliphatic carbocycles. The fourth-order valence-electron chi connectivity index (χ4n) is 4.27. The van der Waals surface area contributed by atoms with Crippen LogP contribution < -0.4 is 10.6 Å². The Hall–Kier alpha value is -4.02. The van der Waals surface area contributed by atoms with Crippen molar-refractivity contribution in [3.8, 4) is 0 Å². The lowest BCUT2D eigenvalue weighted by molar-refractivity contribution is -0.128. The van der Waals surface area contributed by atoms with Crippen molar-refractivity contribution < 1.29 is 18.8 Å². The van der Waals surface area contributed by atoms with Gasteiger partial charge in [0.1, 0.15) is 17.7 Å². The molecule has 204 valence electrons. The molecule has 0 spiro atoms. The SMILES string of the molecule is CC[C@H](SC1=Nc2ccccc2C2=N[C@H](CC(=O)NCc3ccc(F)cc3)C(=O)N12)C(=O)Nc1ccc(Cl)cc1. The molecule has 0 radical (unpaired) electrons. The molecule has 5 rings (SSSR count). The molecule has 3 aromatic carbocycles. The maximum absolute atomic E-state index is 13.6. The molecule has 2 atom stereocenters. The molecule has 2 aliphatic heterocycles. The second kappa shape index (κ2) is 12.0. The Labute approximate surface area is 239 Å². The number of nitrogens with one attached hydrogen (secondary N) is 2. The summed E-state index contributed by atoms with van der Waals surface area (Å²) in [4.78, 5) is 50.1. The molecule has 2 heterocycles. The van der Waals surface area contributed by atoms with Gasteiger partial charge in [-0.05, 0) is 60.5 Å². The Bertz CT molecular complexity index is 1510. The fourth-order valence-corrected chi connectivity index (χ4v) is 5.42. The third kappa shape index (κ3) is 6.08. The van der Waals surface area contributed by atoms with Crippen molar-refractivity contribution in [1.29, 1.82) is 0 Å². The Morgan fingerprint density at radius 1 is 1.07 bits per heavy atom. The highest BCUT2D eigenvalue weighted by molar-refractivity contribution is 8.15. The van der Waals surface area contributed by atoms with Crippen LogP contribution in [0.3, 0.4) is 0 Å². The summed E-state index contributed by atoms with van der Waals surface area (Å²) in [5.41, 5.74) is 2.64. The zero-order chi connectivity index (χ0) is 28.2. The Balaban J connectivity index is 1.32. The molecule has 8 nitrogen and oxygen atoms in total. The molecule has 0 unspecified atom stereocenters. The van der Waals surface area contributed by atoms with Crippen molar-refractivity contribution >= 4 is 63.5 Å². The summed E-state index contributed by atoms with van der Waals surface area (Å²) in [7, 11) is 0. The first-order valence-electron chi connectivity index (χ1n) is 12.7. The average molecular weight is 578 g/mol. The molecule has 0 aromatic heterocycles. The van der Waals surface area contributed by atoms with Gasteiger partial charge in [-0.25, -0.2) is 14.3 Å². The van der Waals surface area contributed by atoms with E-state index in [1.165, 1.54) is 28.8 Å². The maximum atomic E-state index is 13.6. The van der Waals surface area contributed by atoms with E-state index in [4.69, 9.17) is 16.6 Å². The van der Waals surface area contributed by atoms with Gasteiger partial charge in [0, 0.05) is 22.8 Å². The number of carbonyl (C=O) groups excluding carboxylic acids is 3. The molecule has 0 saturated heterocycles. The van der Waals surface area contributed by atoms with Gasteiger partial charge in [0.25, 0.3) is 5.91 Å². The van der Waals surface area contributed by atoms with Gasteiger partial charge >= 0.3 is 0 Å². The van der Waals surface area contributed by atoms with Crippen LogP contribution >= 0.6 is 23.4 Å². The lowest BCUT2D eigenvalue weighted by Gasteiger charge is -2.27. The van der Waals surface area contributed by atoms with Crippen LogP contribution in [0.2, 0.25) is 5.02 Å². The standard InChI is InChI=1S/C29H25ClFN5O3S/c1-2-24(27(38)33-20-13-9-18(30)10-14-20)40-29-35-22-6-4-3-5-21(22)26-34-23(28(39)36(26)29)15-25(37)32-16-17-7-11-19(31)12-8-17/h3-14,23-24H,2,15-16H2,1H3,(H,32,37)(H,33,38)/t23-,24+/m1/s1. The van der Waals surface area contributed by atoms with Crippen molar-refractivity contribution in [2.24, 2.45) is 9.98 Å². The molecule has 0 saturated carbocycles. The number of carbonyl (C=O) groups is 3. The van der Waals surface area contributed by atoms with Crippen LogP contribution in [0.25, 0.3) is 0 Å². The number of benzene rings is 3. The summed E-state index contributed by atoms with van der Waals surface area (Å²) in [6.07, 6.45) is 0.322. The van der Waals surface area contributed by atoms with Crippen LogP contribution in [-0.2, 0) is 20.9 Å². The van der Waals surface area contributed by atoms with E-state index >= 15 is 0 Å². The number of halogens is 2. The van der Waals surface area contributed by atoms with E-state index in [0.717, 1.165) is 5.56 Å². The molecular formula is C29H25ClFN5O3S. The summed E-state index contributed by atoms with van der Waals surface area (Å²) in [5, 5.41) is 5.99. The van der Waals surface area contributed by atoms with Crippen LogP contribution in [0.5, 0.6) is 0 Å². The molecule has 0 bridgehead atoms. The quantitative estimate of drug-likeness (QED) is 0.379. The van der Waals surface area contributed by atoms with Crippen molar-refractivity contribution in [2.75, 3.05) is 5.32 Å².